The summed E-state index contributed by atoms with van der Waals surface area (Å²) in [7, 11) is 0. The maximum atomic E-state index is 13.4. The SMILES string of the molecule is O=C(Nc1ccccc1C(=O)NCc1cccnc1)/C(=C/c1ccccc1)c1ccccc1. The lowest BCUT2D eigenvalue weighted by molar-refractivity contribution is -0.111. The van der Waals surface area contributed by atoms with Crippen molar-refractivity contribution in [1.82, 2.24) is 10.3 Å². The standard InChI is InChI=1S/C28H23N3O2/c32-27(30-20-22-12-9-17-29-19-22)24-15-7-8-16-26(24)31-28(33)25(23-13-5-2-6-14-23)18-21-10-3-1-4-11-21/h1-19H,20H2,(H,30,32)(H,31,33)/b25-18+. The van der Waals surface area contributed by atoms with E-state index in [1.165, 1.54) is 0 Å². The number of anilines is 1. The molecule has 0 saturated heterocycles. The first-order chi connectivity index (χ1) is 16.2. The fraction of sp³-hybridized carbons (Fsp3) is 0.0357. The van der Waals surface area contributed by atoms with E-state index in [0.717, 1.165) is 16.7 Å². The number of hydrogen-bond donors (Lipinski definition) is 2. The fourth-order valence-electron chi connectivity index (χ4n) is 3.37. The molecular formula is C28H23N3O2. The molecule has 0 aliphatic rings. The van der Waals surface area contributed by atoms with Crippen LogP contribution < -0.4 is 10.6 Å². The number of nitrogens with one attached hydrogen (secondary N) is 2. The zero-order chi connectivity index (χ0) is 22.9. The van der Waals surface area contributed by atoms with Crippen LogP contribution in [-0.2, 0) is 11.3 Å². The van der Waals surface area contributed by atoms with Crippen LogP contribution in [-0.4, -0.2) is 16.8 Å². The van der Waals surface area contributed by atoms with E-state index in [1.54, 1.807) is 36.7 Å². The number of benzene rings is 3. The highest BCUT2D eigenvalue weighted by atomic mass is 16.2. The molecule has 1 heterocycles. The summed E-state index contributed by atoms with van der Waals surface area (Å²) >= 11 is 0. The number of pyridine rings is 1. The van der Waals surface area contributed by atoms with Gasteiger partial charge >= 0.3 is 0 Å². The second kappa shape index (κ2) is 10.7. The number of nitrogens with zero attached hydrogens (tertiary/aromatic N) is 1. The van der Waals surface area contributed by atoms with Crippen molar-refractivity contribution in [1.29, 1.82) is 0 Å². The van der Waals surface area contributed by atoms with Gasteiger partial charge in [0, 0.05) is 24.5 Å². The Morgan fingerprint density at radius 2 is 1.48 bits per heavy atom. The van der Waals surface area contributed by atoms with Crippen molar-refractivity contribution < 1.29 is 9.59 Å². The lowest BCUT2D eigenvalue weighted by Gasteiger charge is -2.13. The number of aromatic nitrogens is 1. The van der Waals surface area contributed by atoms with E-state index in [4.69, 9.17) is 0 Å². The van der Waals surface area contributed by atoms with E-state index in [9.17, 15) is 9.59 Å². The molecule has 0 bridgehead atoms. The predicted molar refractivity (Wildman–Crippen MR) is 131 cm³/mol. The molecule has 3 aromatic carbocycles. The zero-order valence-electron chi connectivity index (χ0n) is 17.9. The molecular weight excluding hydrogens is 410 g/mol. The Kier molecular flexibility index (Phi) is 7.03. The topological polar surface area (TPSA) is 71.1 Å². The van der Waals surface area contributed by atoms with Crippen molar-refractivity contribution in [3.8, 4) is 0 Å². The van der Waals surface area contributed by atoms with Crippen LogP contribution in [0, 0.1) is 0 Å². The van der Waals surface area contributed by atoms with Gasteiger partial charge in [-0.05, 0) is 41.0 Å². The van der Waals surface area contributed by atoms with Crippen molar-refractivity contribution in [3.63, 3.8) is 0 Å². The molecule has 162 valence electrons. The largest absolute Gasteiger partial charge is 0.348 e. The molecule has 5 nitrogen and oxygen atoms in total. The van der Waals surface area contributed by atoms with E-state index >= 15 is 0 Å². The summed E-state index contributed by atoms with van der Waals surface area (Å²) in [5.74, 6) is -0.569. The van der Waals surface area contributed by atoms with Gasteiger partial charge in [0.05, 0.1) is 11.3 Å². The quantitative estimate of drug-likeness (QED) is 0.311. The van der Waals surface area contributed by atoms with E-state index < -0.39 is 0 Å². The van der Waals surface area contributed by atoms with Gasteiger partial charge in [-0.15, -0.1) is 0 Å². The third-order valence-corrected chi connectivity index (χ3v) is 5.04. The Balaban J connectivity index is 1.58. The van der Waals surface area contributed by atoms with Gasteiger partial charge in [0.15, 0.2) is 0 Å². The van der Waals surface area contributed by atoms with Crippen LogP contribution in [0.1, 0.15) is 27.0 Å². The van der Waals surface area contributed by atoms with Gasteiger partial charge < -0.3 is 10.6 Å². The Hall–Kier alpha value is -4.51. The highest BCUT2D eigenvalue weighted by Gasteiger charge is 2.17. The van der Waals surface area contributed by atoms with Crippen molar-refractivity contribution >= 4 is 29.2 Å². The number of rotatable bonds is 7. The summed E-state index contributed by atoms with van der Waals surface area (Å²) in [5, 5.41) is 5.81. The Morgan fingerprint density at radius 1 is 0.788 bits per heavy atom. The van der Waals surface area contributed by atoms with Gasteiger partial charge in [-0.3, -0.25) is 14.6 Å². The number of carbonyl (C=O) groups is 2. The molecule has 0 radical (unpaired) electrons. The highest BCUT2D eigenvalue weighted by Crippen LogP contribution is 2.22. The van der Waals surface area contributed by atoms with Gasteiger partial charge in [-0.1, -0.05) is 78.9 Å². The monoisotopic (exact) mass is 433 g/mol. The van der Waals surface area contributed by atoms with Crippen LogP contribution >= 0.6 is 0 Å². The van der Waals surface area contributed by atoms with Crippen molar-refractivity contribution in [3.05, 3.63) is 132 Å². The third-order valence-electron chi connectivity index (χ3n) is 5.04. The first-order valence-electron chi connectivity index (χ1n) is 10.6. The summed E-state index contributed by atoms with van der Waals surface area (Å²) in [6.45, 7) is 0.345. The third kappa shape index (κ3) is 5.80. The molecule has 2 N–H and O–H groups in total. The van der Waals surface area contributed by atoms with Crippen LogP contribution in [0.25, 0.3) is 11.6 Å². The number of hydrogen-bond acceptors (Lipinski definition) is 3. The maximum absolute atomic E-state index is 13.4. The minimum Gasteiger partial charge on any atom is -0.348 e. The Labute approximate surface area is 192 Å². The molecule has 5 heteroatoms. The van der Waals surface area contributed by atoms with Crippen LogP contribution in [0.3, 0.4) is 0 Å². The van der Waals surface area contributed by atoms with Gasteiger partial charge in [0.1, 0.15) is 0 Å². The van der Waals surface area contributed by atoms with Crippen molar-refractivity contribution in [2.75, 3.05) is 5.32 Å². The first kappa shape index (κ1) is 21.7. The molecule has 33 heavy (non-hydrogen) atoms. The lowest BCUT2D eigenvalue weighted by atomic mass is 10.0. The highest BCUT2D eigenvalue weighted by molar-refractivity contribution is 6.29. The minimum absolute atomic E-state index is 0.275. The summed E-state index contributed by atoms with van der Waals surface area (Å²) in [5.41, 5.74) is 3.94. The van der Waals surface area contributed by atoms with E-state index in [1.807, 2.05) is 78.9 Å². The number of carbonyl (C=O) groups excluding carboxylic acids is 2. The molecule has 2 amide bonds. The Morgan fingerprint density at radius 3 is 2.21 bits per heavy atom. The maximum Gasteiger partial charge on any atom is 0.256 e. The molecule has 0 fully saturated rings. The van der Waals surface area contributed by atoms with Crippen LogP contribution in [0.2, 0.25) is 0 Å². The minimum atomic E-state index is -0.294. The molecule has 0 unspecified atom stereocenters. The number of amides is 2. The molecule has 0 atom stereocenters. The molecule has 0 spiro atoms. The van der Waals surface area contributed by atoms with Gasteiger partial charge in [-0.25, -0.2) is 0 Å². The second-order valence-electron chi connectivity index (χ2n) is 7.38. The van der Waals surface area contributed by atoms with E-state index in [2.05, 4.69) is 15.6 Å². The molecule has 4 aromatic rings. The molecule has 0 saturated carbocycles. The van der Waals surface area contributed by atoms with Gasteiger partial charge in [0.2, 0.25) is 0 Å². The predicted octanol–water partition coefficient (Wildman–Crippen LogP) is 5.19. The molecule has 0 aliphatic carbocycles. The summed E-state index contributed by atoms with van der Waals surface area (Å²) in [6.07, 6.45) is 5.23. The van der Waals surface area contributed by atoms with Crippen LogP contribution in [0.5, 0.6) is 0 Å². The summed E-state index contributed by atoms with van der Waals surface area (Å²) in [4.78, 5) is 30.3. The van der Waals surface area contributed by atoms with Crippen molar-refractivity contribution in [2.24, 2.45) is 0 Å². The average Bonchev–Trinajstić information content (AvgIpc) is 2.88. The van der Waals surface area contributed by atoms with Crippen LogP contribution in [0.4, 0.5) is 5.69 Å². The van der Waals surface area contributed by atoms with Gasteiger partial charge in [-0.2, -0.15) is 0 Å². The van der Waals surface area contributed by atoms with Crippen LogP contribution in [0.15, 0.2) is 109 Å². The summed E-state index contributed by atoms with van der Waals surface area (Å²) < 4.78 is 0. The fourth-order valence-corrected chi connectivity index (χ4v) is 3.37. The van der Waals surface area contributed by atoms with Gasteiger partial charge in [0.25, 0.3) is 11.8 Å². The lowest BCUT2D eigenvalue weighted by Crippen LogP contribution is -2.25. The molecule has 4 rings (SSSR count). The molecule has 0 aliphatic heterocycles. The second-order valence-corrected chi connectivity index (χ2v) is 7.38. The van der Waals surface area contributed by atoms with Crippen molar-refractivity contribution in [2.45, 2.75) is 6.54 Å². The number of para-hydroxylation sites is 1. The zero-order valence-corrected chi connectivity index (χ0v) is 17.9. The molecule has 1 aromatic heterocycles. The average molecular weight is 434 g/mol. The smallest absolute Gasteiger partial charge is 0.256 e. The normalized spacial score (nSPS) is 11.0. The summed E-state index contributed by atoms with van der Waals surface area (Å²) in [6, 6.07) is 29.8. The van der Waals surface area contributed by atoms with E-state index in [0.29, 0.717) is 23.4 Å². The first-order valence-corrected chi connectivity index (χ1v) is 10.6. The van der Waals surface area contributed by atoms with E-state index in [-0.39, 0.29) is 11.8 Å². The Bertz CT molecular complexity index is 1250.